The minimum Gasteiger partial charge on any atom is -0.412 e. The van der Waals surface area contributed by atoms with Crippen LogP contribution >= 0.6 is 30.7 Å². The second-order valence-electron chi connectivity index (χ2n) is 38.4. The molecule has 9 rings (SSSR count). The number of hydrogen-bond acceptors (Lipinski definition) is 8. The first-order valence-electron chi connectivity index (χ1n) is 43.3. The maximum atomic E-state index is 14.3. The zero-order chi connectivity index (χ0) is 79.5. The van der Waals surface area contributed by atoms with Gasteiger partial charge in [-0.2, -0.15) is 36.4 Å². The van der Waals surface area contributed by atoms with Crippen LogP contribution in [-0.4, -0.2) is 78.8 Å². The summed E-state index contributed by atoms with van der Waals surface area (Å²) in [6, 6.07) is 39.9. The standard InChI is InChI=1S/C38H72O2SSi2.C26H37O2PSSi.C24H46O2Si.C6H5.CH4.Li/c1-14-43(15-2,16-3)39-36(7,8)25-17-19-29(4)34-23-24-35-33(20-18-26-37(34,35)9)22-21-32-27-30(5)38(41-10,31(6)28-32)40-42(11,12)13;1-21-19-23(20-22(2)26(21,30-3)28-31(4,5)6)17-18-29(27,24-13-9-7-10-14-24)25-15-11-8-12-16-25;1-8-27(9-2,10-3)26-23(5,6)17-11-13-19(4)20-15-16-21-22(25)14-12-18-24(20,21)7;1-2-4-6-5-3-1;;/h21-22,29-31,34-35H,14-20,23-28H2,1-13H3;7-17,21-22H,18-20H2,1-6H3;19-21H,8-18H2,1-7H3;1-5H;1H4;/q;;;-1;;+1/b32-21?,33-22+;;;;;/t29-,30+,31+,34?,35?,37+,38?;21-,22-,26?;19-,20?,21?,24+;;;/m010.../s1. The van der Waals surface area contributed by atoms with Gasteiger partial charge >= 0.3 is 18.9 Å². The molecule has 0 amide bonds. The Hall–Kier alpha value is -1.22. The number of Topliss-reactive ketones (excluding diaryl/α,β-unsaturated/α-hetero) is 1. The van der Waals surface area contributed by atoms with Gasteiger partial charge in [0.05, 0.1) is 11.2 Å². The van der Waals surface area contributed by atoms with Crippen LogP contribution in [0.3, 0.4) is 0 Å². The van der Waals surface area contributed by atoms with Gasteiger partial charge in [-0.15, -0.1) is 23.5 Å². The third-order valence-electron chi connectivity index (χ3n) is 27.8. The average Bonchev–Trinajstić information content (AvgIpc) is 1.71. The van der Waals surface area contributed by atoms with Crippen LogP contribution in [0.2, 0.25) is 75.5 Å². The van der Waals surface area contributed by atoms with E-state index in [1.807, 2.05) is 115 Å². The summed E-state index contributed by atoms with van der Waals surface area (Å²) in [5, 5.41) is 1.88. The maximum Gasteiger partial charge on any atom is 1.00 e. The van der Waals surface area contributed by atoms with Gasteiger partial charge in [0.1, 0.15) is 22.8 Å². The normalized spacial score (nSPS) is 28.4. The first kappa shape index (κ1) is 100. The van der Waals surface area contributed by atoms with Crippen LogP contribution in [0.25, 0.3) is 0 Å². The molecule has 0 aromatic heterocycles. The third-order valence-corrected chi connectivity index (χ3v) is 45.7. The topological polar surface area (TPSA) is 71.1 Å². The van der Waals surface area contributed by atoms with Crippen LogP contribution in [0.4, 0.5) is 0 Å². The van der Waals surface area contributed by atoms with E-state index in [0.29, 0.717) is 46.9 Å². The molecule has 3 aromatic carbocycles. The molecule has 0 aliphatic heterocycles. The molecule has 0 radical (unpaired) electrons. The fourth-order valence-electron chi connectivity index (χ4n) is 21.8. The van der Waals surface area contributed by atoms with Crippen molar-refractivity contribution in [2.45, 2.75) is 357 Å². The summed E-state index contributed by atoms with van der Waals surface area (Å²) in [7, 11) is -9.09. The second-order valence-corrected chi connectivity index (χ2v) is 61.6. The second kappa shape index (κ2) is 44.0. The predicted octanol–water partition coefficient (Wildman–Crippen LogP) is 26.0. The summed E-state index contributed by atoms with van der Waals surface area (Å²) in [6.07, 6.45) is 37.0. The van der Waals surface area contributed by atoms with E-state index >= 15 is 0 Å². The molecule has 0 spiro atoms. The zero-order valence-corrected chi connectivity index (χ0v) is 81.0. The number of carbonyl (C=O) groups is 1. The third kappa shape index (κ3) is 26.6. The van der Waals surface area contributed by atoms with Crippen molar-refractivity contribution in [2.24, 2.45) is 70.0 Å². The predicted molar refractivity (Wildman–Crippen MR) is 489 cm³/mol. The molecular weight excluding hydrogens is 1450 g/mol. The Morgan fingerprint density at radius 2 is 0.917 bits per heavy atom. The van der Waals surface area contributed by atoms with E-state index in [1.54, 1.807) is 11.1 Å². The van der Waals surface area contributed by atoms with Gasteiger partial charge < -0.3 is 22.3 Å². The number of fused-ring (bicyclic) bond motifs is 2. The molecule has 6 saturated carbocycles. The molecule has 12 atom stereocenters. The zero-order valence-electron chi connectivity index (χ0n) is 74.5. The Morgan fingerprint density at radius 1 is 0.550 bits per heavy atom. The Morgan fingerprint density at radius 3 is 1.28 bits per heavy atom. The molecule has 0 heterocycles. The van der Waals surface area contributed by atoms with E-state index in [2.05, 4.69) is 201 Å². The molecule has 3 aromatic rings. The van der Waals surface area contributed by atoms with Crippen molar-refractivity contribution >= 4 is 80.3 Å². The number of ketones is 1. The van der Waals surface area contributed by atoms with Crippen molar-refractivity contribution < 1.29 is 45.9 Å². The maximum absolute atomic E-state index is 14.3. The molecule has 6 nitrogen and oxygen atoms in total. The number of carbonyl (C=O) groups excluding carboxylic acids is 1. The summed E-state index contributed by atoms with van der Waals surface area (Å²) in [5.41, 5.74) is 5.65. The van der Waals surface area contributed by atoms with Gasteiger partial charge in [-0.3, -0.25) is 4.79 Å². The van der Waals surface area contributed by atoms with Crippen molar-refractivity contribution in [1.82, 2.24) is 0 Å². The van der Waals surface area contributed by atoms with E-state index < -0.39 is 40.4 Å². The summed E-state index contributed by atoms with van der Waals surface area (Å²) >= 11 is 3.86. The van der Waals surface area contributed by atoms with Gasteiger partial charge in [-0.1, -0.05) is 226 Å². The van der Waals surface area contributed by atoms with Gasteiger partial charge in [0.15, 0.2) is 33.3 Å². The van der Waals surface area contributed by atoms with Gasteiger partial charge in [0, 0.05) is 29.1 Å². The van der Waals surface area contributed by atoms with Gasteiger partial charge in [0.25, 0.3) is 0 Å². The summed E-state index contributed by atoms with van der Waals surface area (Å²) in [6.45, 7) is 57.0. The Bertz CT molecular complexity index is 3170. The van der Waals surface area contributed by atoms with E-state index in [9.17, 15) is 9.36 Å². The molecule has 14 heteroatoms. The molecule has 109 heavy (non-hydrogen) atoms. The number of rotatable bonds is 31. The molecular formula is C95H164LiO6PS2Si4. The van der Waals surface area contributed by atoms with Crippen LogP contribution in [-0.2, 0) is 27.1 Å². The number of allylic oxidation sites excluding steroid dienone is 6. The van der Waals surface area contributed by atoms with Crippen LogP contribution in [0, 0.1) is 76.1 Å². The summed E-state index contributed by atoms with van der Waals surface area (Å²) < 4.78 is 41.8. The van der Waals surface area contributed by atoms with Crippen molar-refractivity contribution in [1.29, 1.82) is 0 Å². The molecule has 6 aliphatic rings. The summed E-state index contributed by atoms with van der Waals surface area (Å²) in [5.74, 6) is 6.81. The first-order chi connectivity index (χ1) is 50.2. The number of thioether (sulfide) groups is 2. The van der Waals surface area contributed by atoms with E-state index in [1.165, 1.54) is 132 Å². The van der Waals surface area contributed by atoms with Crippen LogP contribution in [0.15, 0.2) is 126 Å². The smallest absolute Gasteiger partial charge is 0.412 e. The molecule has 4 unspecified atom stereocenters. The molecule has 614 valence electrons. The van der Waals surface area contributed by atoms with Gasteiger partial charge in [-0.05, 0) is 276 Å². The van der Waals surface area contributed by atoms with Crippen LogP contribution in [0.5, 0.6) is 0 Å². The van der Waals surface area contributed by atoms with Gasteiger partial charge in [0.2, 0.25) is 0 Å². The van der Waals surface area contributed by atoms with Crippen molar-refractivity contribution in [2.75, 3.05) is 18.7 Å². The Balaban J connectivity index is 0.000000337. The van der Waals surface area contributed by atoms with E-state index in [0.717, 1.165) is 78.7 Å². The number of benzene rings is 3. The van der Waals surface area contributed by atoms with Crippen LogP contribution in [0.1, 0.15) is 260 Å². The van der Waals surface area contributed by atoms with Crippen molar-refractivity contribution in [3.05, 3.63) is 132 Å². The molecule has 6 fully saturated rings. The minimum absolute atomic E-state index is 0. The van der Waals surface area contributed by atoms with Gasteiger partial charge in [-0.25, -0.2) is 0 Å². The quantitative estimate of drug-likeness (QED) is 0.0207. The van der Waals surface area contributed by atoms with Crippen molar-refractivity contribution in [3.63, 3.8) is 0 Å². The Labute approximate surface area is 698 Å². The molecule has 6 aliphatic carbocycles. The SMILES string of the molecule is C.CC[Si](CC)(CC)OC(C)(C)CCC[C@H](C)C1CCC2/C(=C/C=C3C[C@@H](C)C(O[Si](C)(C)C)(SC)[C@H](C)C3)CCC[C@@]21C.CC[Si](CC)(CC)OC(C)(C)CCC[C@H](C)C1CCC2C(=O)CCC[C@@]21C.CSC1(O[Si](C)(C)C)[C@H](C)CC(=CCP(=O)(c2ccccc2)c2ccccc2)C[C@H]1C.[Li+].[c-]1ccccc1. The number of hydrogen-bond donors (Lipinski definition) is 0. The molecule has 0 saturated heterocycles. The Kier molecular flexibility index (Phi) is 40.4. The minimum atomic E-state index is -2.71. The van der Waals surface area contributed by atoms with Crippen molar-refractivity contribution in [3.8, 4) is 0 Å². The summed E-state index contributed by atoms with van der Waals surface area (Å²) in [4.78, 5) is 12.3. The monoisotopic (exact) mass is 1620 g/mol. The molecule has 0 N–H and O–H groups in total. The molecule has 0 bridgehead atoms. The first-order valence-corrected chi connectivity index (χ1v) is 59.6. The van der Waals surface area contributed by atoms with E-state index in [4.69, 9.17) is 17.7 Å². The largest absolute Gasteiger partial charge is 1.00 e. The fraction of sp³-hybridized carbons (Fsp3) is 0.737. The fourth-order valence-corrected chi connectivity index (χ4v) is 37.6. The average molecular weight is 1620 g/mol. The van der Waals surface area contributed by atoms with E-state index in [-0.39, 0.29) is 52.8 Å². The van der Waals surface area contributed by atoms with Crippen LogP contribution < -0.4 is 29.5 Å².